The minimum atomic E-state index is -2.62. The van der Waals surface area contributed by atoms with Gasteiger partial charge in [0.15, 0.2) is 0 Å². The zero-order chi connectivity index (χ0) is 79.1. The number of hydrogen-bond donors (Lipinski definition) is 0. The van der Waals surface area contributed by atoms with Crippen LogP contribution in [0.4, 0.5) is 0 Å². The molecule has 0 aliphatic rings. The molecule has 33 heteroatoms. The van der Waals surface area contributed by atoms with E-state index >= 15 is 0 Å². The van der Waals surface area contributed by atoms with Crippen molar-refractivity contribution in [3.05, 3.63) is 0 Å². The molecule has 0 rings (SSSR count). The summed E-state index contributed by atoms with van der Waals surface area (Å²) in [5.41, 5.74) is 0. The fourth-order valence-corrected chi connectivity index (χ4v) is 88.7. The van der Waals surface area contributed by atoms with Crippen LogP contribution in [0.25, 0.3) is 0 Å². The number of carbonyl (C=O) groups is 4. The van der Waals surface area contributed by atoms with Crippen LogP contribution in [-0.2, 0) is 36.9 Å². The van der Waals surface area contributed by atoms with Crippen LogP contribution >= 0.6 is 88.6 Å². The summed E-state index contributed by atoms with van der Waals surface area (Å²) < 4.78 is 27.0. The van der Waals surface area contributed by atoms with Crippen LogP contribution in [0, 0.1) is 0 Å². The predicted molar refractivity (Wildman–Crippen MR) is 505 cm³/mol. The molecule has 0 atom stereocenters. The average molecular weight is 1860 g/mol. The smallest absolute Gasteiger partial charge is 0.292 e. The predicted octanol–water partition coefficient (Wildman–Crippen LogP) is 29.4. The molecule has 0 aromatic carbocycles. The fraction of sp³-hybridized carbons (Fsp3) is 0.941. The van der Waals surface area contributed by atoms with Gasteiger partial charge in [-0.25, -0.2) is 0 Å². The summed E-state index contributed by atoms with van der Waals surface area (Å²) >= 11 is 55.5. The van der Waals surface area contributed by atoms with E-state index in [4.69, 9.17) is 106 Å². The quantitative estimate of drug-likeness (QED) is 0.0438. The Hall–Kier alpha value is 3.89. The molecule has 0 aromatic heterocycles. The molecule has 0 unspecified atom stereocenters. The Kier molecular flexibility index (Phi) is 45.8. The third-order valence-corrected chi connectivity index (χ3v) is 75.9. The van der Waals surface area contributed by atoms with Crippen molar-refractivity contribution in [2.45, 2.75) is 404 Å². The fourth-order valence-electron chi connectivity index (χ4n) is 13.6. The minimum Gasteiger partial charge on any atom is -0.520 e. The Morgan fingerprint density at radius 1 is 0.188 bits per heavy atom. The molecule has 0 saturated heterocycles. The Morgan fingerprint density at radius 3 is 0.436 bits per heavy atom. The number of rotatable bonds is 56. The standard InChI is InChI=1S/C68H156Cl8O8Si17/c1-85(2,69)41-53-97(25,54-42-86(3,4)70)37-29-33-65(77)81-93(17,18)49-61-101(62-50-94(19,20)82-66(78)34-30-38-98(26,55-43-87(5,6)71)56-44-88(7,8)72,63-51-95(21,22)83-67(79)35-31-39-99(27,57-45-89(9,10)73)58-46-90(11,12)74)64-52-96(23,24)84-68(80)36-32-40-100(28,59-47-91(13,14)75)60-48-92(15,16)76/h29-64H2,1-28H3. The third kappa shape index (κ3) is 58.4. The largest absolute Gasteiger partial charge is 0.520 e. The minimum absolute atomic E-state index is 0.0851. The van der Waals surface area contributed by atoms with Crippen molar-refractivity contribution in [3.63, 3.8) is 0 Å². The Balaban J connectivity index is 7.62. The summed E-state index contributed by atoms with van der Waals surface area (Å²) in [7, 11) is -34.1. The lowest BCUT2D eigenvalue weighted by Crippen LogP contribution is -2.46. The summed E-state index contributed by atoms with van der Waals surface area (Å²) in [6, 6.07) is 29.4. The van der Waals surface area contributed by atoms with Crippen molar-refractivity contribution in [1.29, 1.82) is 0 Å². The second-order valence-electron chi connectivity index (χ2n) is 40.8. The molecule has 0 spiro atoms. The van der Waals surface area contributed by atoms with Gasteiger partial charge in [-0.2, -0.15) is 88.6 Å². The van der Waals surface area contributed by atoms with E-state index in [2.05, 4.69) is 183 Å². The first-order valence-electron chi connectivity index (χ1n) is 39.3. The highest BCUT2D eigenvalue weighted by Gasteiger charge is 2.45. The molecule has 0 amide bonds. The molecule has 600 valence electrons. The van der Waals surface area contributed by atoms with E-state index in [1.807, 2.05) is 0 Å². The van der Waals surface area contributed by atoms with Crippen LogP contribution in [0.15, 0.2) is 0 Å². The van der Waals surface area contributed by atoms with E-state index in [-0.39, 0.29) is 23.9 Å². The monoisotopic (exact) mass is 1860 g/mol. The summed E-state index contributed by atoms with van der Waals surface area (Å²) in [6.07, 6.45) is 4.95. The van der Waals surface area contributed by atoms with Crippen molar-refractivity contribution in [2.75, 3.05) is 0 Å². The molecule has 8 nitrogen and oxygen atoms in total. The van der Waals surface area contributed by atoms with Gasteiger partial charge in [-0.3, -0.25) is 19.2 Å². The third-order valence-electron chi connectivity index (χ3n) is 21.8. The van der Waals surface area contributed by atoms with Gasteiger partial charge in [-0.1, -0.05) is 228 Å². The summed E-state index contributed by atoms with van der Waals surface area (Å²) in [6.45, 7) is 63.8. The maximum absolute atomic E-state index is 14.3. The topological polar surface area (TPSA) is 105 Å². The van der Waals surface area contributed by atoms with E-state index in [1.54, 1.807) is 0 Å². The second-order valence-corrected chi connectivity index (χ2v) is 139. The molecular formula is C68H156Cl8O8Si17. The van der Waals surface area contributed by atoms with Crippen LogP contribution in [-0.4, -0.2) is 157 Å². The van der Waals surface area contributed by atoms with Crippen LogP contribution in [0.5, 0.6) is 0 Å². The van der Waals surface area contributed by atoms with E-state index in [9.17, 15) is 19.2 Å². The second kappa shape index (κ2) is 44.1. The van der Waals surface area contributed by atoms with E-state index < -0.39 is 133 Å². The molecule has 0 fully saturated rings. The molecule has 0 aromatic rings. The molecular weight excluding hydrogens is 1710 g/mol. The van der Waals surface area contributed by atoms with Gasteiger partial charge < -0.3 is 17.7 Å². The first-order valence-corrected chi connectivity index (χ1v) is 101. The summed E-state index contributed by atoms with van der Waals surface area (Å²) in [5, 5.41) is 0. The van der Waals surface area contributed by atoms with Crippen molar-refractivity contribution in [2.24, 2.45) is 0 Å². The van der Waals surface area contributed by atoms with Crippen LogP contribution in [0.3, 0.4) is 0 Å². The van der Waals surface area contributed by atoms with E-state index in [1.165, 1.54) is 48.4 Å². The van der Waals surface area contributed by atoms with Crippen LogP contribution in [0.2, 0.25) is 353 Å². The van der Waals surface area contributed by atoms with Gasteiger partial charge in [-0.05, 0) is 151 Å². The lowest BCUT2D eigenvalue weighted by molar-refractivity contribution is -0.136. The summed E-state index contributed by atoms with van der Waals surface area (Å²) in [5.74, 6) is -0.340. The highest BCUT2D eigenvalue weighted by Crippen LogP contribution is 2.43. The highest BCUT2D eigenvalue weighted by molar-refractivity contribution is 7.22. The molecule has 0 N–H and O–H groups in total. The zero-order valence-electron chi connectivity index (χ0n) is 70.2. The lowest BCUT2D eigenvalue weighted by Gasteiger charge is -2.39. The summed E-state index contributed by atoms with van der Waals surface area (Å²) in [4.78, 5) is 57.1. The van der Waals surface area contributed by atoms with Gasteiger partial charge in [0.25, 0.3) is 23.9 Å². The Bertz CT molecular complexity index is 2070. The van der Waals surface area contributed by atoms with Gasteiger partial charge in [-0.15, -0.1) is 0 Å². The van der Waals surface area contributed by atoms with Gasteiger partial charge in [0.05, 0.1) is 8.07 Å². The Labute approximate surface area is 678 Å². The number of carbonyl (C=O) groups excluding carboxylic acids is 4. The number of hydrogen-bond acceptors (Lipinski definition) is 8. The molecule has 101 heavy (non-hydrogen) atoms. The molecule has 0 radical (unpaired) electrons. The van der Waals surface area contributed by atoms with Crippen molar-refractivity contribution in [3.8, 4) is 0 Å². The van der Waals surface area contributed by atoms with Crippen LogP contribution in [0.1, 0.15) is 51.4 Å². The van der Waals surface area contributed by atoms with Gasteiger partial charge in [0, 0.05) is 58.0 Å². The van der Waals surface area contributed by atoms with Gasteiger partial charge in [0.1, 0.15) is 59.1 Å². The molecule has 0 bridgehead atoms. The van der Waals surface area contributed by atoms with Crippen molar-refractivity contribution >= 4 is 245 Å². The highest BCUT2D eigenvalue weighted by atomic mass is 35.6. The lowest BCUT2D eigenvalue weighted by atomic mass is 10.3. The maximum atomic E-state index is 14.3. The number of halogens is 8. The molecule has 0 saturated carbocycles. The first kappa shape index (κ1) is 105. The van der Waals surface area contributed by atoms with Crippen molar-refractivity contribution < 1.29 is 36.9 Å². The van der Waals surface area contributed by atoms with Gasteiger partial charge >= 0.3 is 0 Å². The molecule has 0 aliphatic heterocycles. The normalized spacial score (nSPS) is 14.5. The van der Waals surface area contributed by atoms with E-state index in [0.717, 1.165) is 147 Å². The maximum Gasteiger partial charge on any atom is 0.292 e. The van der Waals surface area contributed by atoms with Crippen LogP contribution < -0.4 is 0 Å². The van der Waals surface area contributed by atoms with Gasteiger partial charge in [0.2, 0.25) is 33.3 Å². The zero-order valence-corrected chi connectivity index (χ0v) is 93.3. The molecule has 0 aliphatic carbocycles. The molecule has 0 heterocycles. The average Bonchev–Trinajstić information content (AvgIpc) is 0.832. The SMILES string of the molecule is C[Si](C)(Cl)CC[Si](C)(CCCC(=O)O[Si](C)(C)CC[Si](CC[Si](C)(C)OC(=O)CCC[Si](C)(CC[Si](C)(C)Cl)CC[Si](C)(C)Cl)(CC[Si](C)(C)OC(=O)CCC[Si](C)(CC[Si](C)(C)Cl)CC[Si](C)(C)Cl)CC[Si](C)(C)OC(=O)CCC[Si](C)(CC[Si](C)(C)Cl)CC[Si](C)(C)Cl)CC[Si](C)(C)Cl. The Morgan fingerprint density at radius 2 is 0.317 bits per heavy atom. The first-order chi connectivity index (χ1) is 44.9. The van der Waals surface area contributed by atoms with E-state index in [0.29, 0.717) is 25.7 Å². The van der Waals surface area contributed by atoms with Crippen molar-refractivity contribution in [1.82, 2.24) is 0 Å².